The fraction of sp³-hybridized carbons (Fsp3) is 0.233. The third-order valence-corrected chi connectivity index (χ3v) is 6.19. The van der Waals surface area contributed by atoms with E-state index in [1.165, 1.54) is 24.3 Å². The van der Waals surface area contributed by atoms with Gasteiger partial charge in [-0.1, -0.05) is 55.8 Å². The van der Waals surface area contributed by atoms with Gasteiger partial charge in [-0.3, -0.25) is 9.69 Å². The molecule has 7 nitrogen and oxygen atoms in total. The normalized spacial score (nSPS) is 15.2. The van der Waals surface area contributed by atoms with Gasteiger partial charge in [0.15, 0.2) is 0 Å². The molecule has 1 aliphatic rings. The number of nitrogens with one attached hydrogen (secondary N) is 2. The first-order valence-electron chi connectivity index (χ1n) is 12.6. The molecule has 3 aromatic carbocycles. The Kier molecular flexibility index (Phi) is 8.53. The van der Waals surface area contributed by atoms with E-state index in [9.17, 15) is 18.8 Å². The molecular weight excluding hydrogens is 485 g/mol. The third-order valence-electron chi connectivity index (χ3n) is 6.19. The molecule has 0 aliphatic carbocycles. The zero-order chi connectivity index (χ0) is 27.1. The number of halogens is 1. The molecule has 1 aliphatic heterocycles. The lowest BCUT2D eigenvalue weighted by Crippen LogP contribution is -2.48. The molecule has 1 heterocycles. The number of hydrogen-bond donors (Lipinski definition) is 2. The lowest BCUT2D eigenvalue weighted by Gasteiger charge is -2.37. The second kappa shape index (κ2) is 12.2. The van der Waals surface area contributed by atoms with Crippen LogP contribution in [0.15, 0.2) is 84.4 Å². The topological polar surface area (TPSA) is 87.7 Å². The molecule has 3 aromatic rings. The van der Waals surface area contributed by atoms with Crippen LogP contribution in [-0.4, -0.2) is 36.0 Å². The molecule has 2 N–H and O–H groups in total. The first-order valence-corrected chi connectivity index (χ1v) is 12.6. The molecule has 8 heteroatoms. The summed E-state index contributed by atoms with van der Waals surface area (Å²) in [6.07, 6.45) is 1.63. The largest absolute Gasteiger partial charge is 0.463 e. The molecular formula is C30H30FN3O4. The van der Waals surface area contributed by atoms with Crippen LogP contribution in [0.4, 0.5) is 14.9 Å². The fourth-order valence-electron chi connectivity index (χ4n) is 4.37. The molecule has 0 spiro atoms. The number of hydrogen-bond acceptors (Lipinski definition) is 4. The van der Waals surface area contributed by atoms with Crippen LogP contribution in [-0.2, 0) is 9.53 Å². The van der Waals surface area contributed by atoms with Crippen molar-refractivity contribution in [2.24, 2.45) is 0 Å². The number of carbonyl (C=O) groups is 3. The molecule has 38 heavy (non-hydrogen) atoms. The Morgan fingerprint density at radius 2 is 1.74 bits per heavy atom. The van der Waals surface area contributed by atoms with E-state index >= 15 is 0 Å². The maximum Gasteiger partial charge on any atom is 0.338 e. The minimum absolute atomic E-state index is 0.174. The van der Waals surface area contributed by atoms with Crippen LogP contribution in [0.1, 0.15) is 54.2 Å². The number of urea groups is 1. The number of amides is 3. The van der Waals surface area contributed by atoms with Gasteiger partial charge in [0, 0.05) is 17.8 Å². The van der Waals surface area contributed by atoms with Gasteiger partial charge in [0.2, 0.25) is 0 Å². The van der Waals surface area contributed by atoms with Gasteiger partial charge in [0.05, 0.1) is 23.9 Å². The quantitative estimate of drug-likeness (QED) is 0.347. The van der Waals surface area contributed by atoms with Crippen molar-refractivity contribution in [2.45, 2.75) is 32.7 Å². The Hall–Kier alpha value is -4.46. The number of esters is 1. The number of benzene rings is 3. The van der Waals surface area contributed by atoms with E-state index < -0.39 is 23.7 Å². The van der Waals surface area contributed by atoms with E-state index in [1.54, 1.807) is 36.1 Å². The van der Waals surface area contributed by atoms with E-state index in [4.69, 9.17) is 4.74 Å². The van der Waals surface area contributed by atoms with Gasteiger partial charge in [-0.05, 0) is 60.9 Å². The summed E-state index contributed by atoms with van der Waals surface area (Å²) in [4.78, 5) is 41.1. The average Bonchev–Trinajstić information content (AvgIpc) is 2.93. The van der Waals surface area contributed by atoms with Gasteiger partial charge in [0.1, 0.15) is 5.82 Å². The highest BCUT2D eigenvalue weighted by atomic mass is 19.1. The lowest BCUT2D eigenvalue weighted by atomic mass is 9.91. The van der Waals surface area contributed by atoms with Crippen LogP contribution in [0.25, 0.3) is 5.70 Å². The molecule has 0 bridgehead atoms. The predicted molar refractivity (Wildman–Crippen MR) is 144 cm³/mol. The van der Waals surface area contributed by atoms with Crippen LogP contribution < -0.4 is 10.6 Å². The van der Waals surface area contributed by atoms with Gasteiger partial charge < -0.3 is 15.4 Å². The minimum atomic E-state index is -0.808. The van der Waals surface area contributed by atoms with Crippen LogP contribution in [0.5, 0.6) is 0 Å². The summed E-state index contributed by atoms with van der Waals surface area (Å²) < 4.78 is 18.7. The number of unbranched alkanes of at least 4 members (excludes halogenated alkanes) is 1. The highest BCUT2D eigenvalue weighted by molar-refractivity contribution is 6.05. The summed E-state index contributed by atoms with van der Waals surface area (Å²) >= 11 is 0. The lowest BCUT2D eigenvalue weighted by molar-refractivity contribution is -0.138. The second-order valence-electron chi connectivity index (χ2n) is 8.82. The molecule has 0 radical (unpaired) electrons. The molecule has 0 saturated heterocycles. The van der Waals surface area contributed by atoms with E-state index in [-0.39, 0.29) is 12.6 Å². The first-order chi connectivity index (χ1) is 18.4. The number of nitrogens with zero attached hydrogens (tertiary/aromatic N) is 1. The van der Waals surface area contributed by atoms with Gasteiger partial charge in [0.25, 0.3) is 5.91 Å². The molecule has 1 atom stereocenters. The van der Waals surface area contributed by atoms with Gasteiger partial charge >= 0.3 is 12.0 Å². The highest BCUT2D eigenvalue weighted by Crippen LogP contribution is 2.37. The van der Waals surface area contributed by atoms with Gasteiger partial charge in [-0.25, -0.2) is 14.0 Å². The van der Waals surface area contributed by atoms with E-state index in [0.29, 0.717) is 34.6 Å². The molecule has 4 rings (SSSR count). The van der Waals surface area contributed by atoms with Crippen LogP contribution in [0, 0.1) is 5.82 Å². The van der Waals surface area contributed by atoms with Crippen molar-refractivity contribution in [1.29, 1.82) is 0 Å². The highest BCUT2D eigenvalue weighted by Gasteiger charge is 2.38. The summed E-state index contributed by atoms with van der Waals surface area (Å²) in [6.45, 7) is 4.38. The van der Waals surface area contributed by atoms with Crippen molar-refractivity contribution in [3.63, 3.8) is 0 Å². The zero-order valence-corrected chi connectivity index (χ0v) is 21.4. The van der Waals surface area contributed by atoms with E-state index in [2.05, 4.69) is 10.6 Å². The molecule has 3 amide bonds. The molecule has 0 aromatic heterocycles. The van der Waals surface area contributed by atoms with Crippen molar-refractivity contribution in [3.8, 4) is 0 Å². The Morgan fingerprint density at radius 1 is 1.00 bits per heavy atom. The monoisotopic (exact) mass is 515 g/mol. The van der Waals surface area contributed by atoms with Crippen LogP contribution in [0.2, 0.25) is 0 Å². The Bertz CT molecular complexity index is 1340. The predicted octanol–water partition coefficient (Wildman–Crippen LogP) is 5.92. The maximum absolute atomic E-state index is 13.4. The molecule has 0 saturated carbocycles. The minimum Gasteiger partial charge on any atom is -0.463 e. The number of ether oxygens (including phenoxy) is 1. The van der Waals surface area contributed by atoms with Crippen LogP contribution >= 0.6 is 0 Å². The smallest absolute Gasteiger partial charge is 0.338 e. The molecule has 0 fully saturated rings. The first kappa shape index (κ1) is 26.6. The summed E-state index contributed by atoms with van der Waals surface area (Å²) in [6, 6.07) is 20.3. The van der Waals surface area contributed by atoms with E-state index in [0.717, 1.165) is 18.4 Å². The maximum atomic E-state index is 13.4. The SMILES string of the molecule is CCCCN1C(=O)N[C@H](c2cccc(NC(=O)c3ccc(F)cc3)c2)C(C(=O)OCC)=C1c1ccccc1. The van der Waals surface area contributed by atoms with Crippen molar-refractivity contribution < 1.29 is 23.5 Å². The van der Waals surface area contributed by atoms with Crippen molar-refractivity contribution in [3.05, 3.63) is 107 Å². The summed E-state index contributed by atoms with van der Waals surface area (Å²) in [5, 5.41) is 5.77. The Balaban J connectivity index is 1.78. The average molecular weight is 516 g/mol. The van der Waals surface area contributed by atoms with Crippen molar-refractivity contribution in [1.82, 2.24) is 10.2 Å². The summed E-state index contributed by atoms with van der Waals surface area (Å²) in [7, 11) is 0. The second-order valence-corrected chi connectivity index (χ2v) is 8.82. The molecule has 0 unspecified atom stereocenters. The Labute approximate surface area is 221 Å². The zero-order valence-electron chi connectivity index (χ0n) is 21.4. The number of carbonyl (C=O) groups excluding carboxylic acids is 3. The van der Waals surface area contributed by atoms with Crippen molar-refractivity contribution in [2.75, 3.05) is 18.5 Å². The third kappa shape index (κ3) is 5.91. The Morgan fingerprint density at radius 3 is 2.42 bits per heavy atom. The fourth-order valence-corrected chi connectivity index (χ4v) is 4.37. The number of rotatable bonds is 9. The van der Waals surface area contributed by atoms with Crippen molar-refractivity contribution >= 4 is 29.3 Å². The van der Waals surface area contributed by atoms with Gasteiger partial charge in [-0.15, -0.1) is 0 Å². The number of anilines is 1. The summed E-state index contributed by atoms with van der Waals surface area (Å²) in [5.74, 6) is -1.37. The molecule has 196 valence electrons. The van der Waals surface area contributed by atoms with Crippen LogP contribution in [0.3, 0.4) is 0 Å². The van der Waals surface area contributed by atoms with Gasteiger partial charge in [-0.2, -0.15) is 0 Å². The standard InChI is InChI=1S/C30H30FN3O4/c1-3-5-18-34-27(20-10-7-6-8-11-20)25(29(36)38-4-2)26(33-30(34)37)22-12-9-13-24(19-22)32-28(35)21-14-16-23(31)17-15-21/h6-17,19,26H,3-5,18H2,1-2H3,(H,32,35)(H,33,37)/t26-/m1/s1. The summed E-state index contributed by atoms with van der Waals surface area (Å²) in [5.41, 5.74) is 2.91. The van der Waals surface area contributed by atoms with E-state index in [1.807, 2.05) is 37.3 Å².